The zero-order valence-corrected chi connectivity index (χ0v) is 22.4. The second kappa shape index (κ2) is 12.0. The van der Waals surface area contributed by atoms with Crippen molar-refractivity contribution in [1.29, 1.82) is 0 Å². The number of Topliss-reactive ketones (excluding diaryl/α,β-unsaturated/α-hetero) is 1. The van der Waals surface area contributed by atoms with Crippen LogP contribution >= 0.6 is 0 Å². The third-order valence-corrected chi connectivity index (χ3v) is 6.12. The Balaban J connectivity index is 2.19. The molecule has 0 aromatic heterocycles. The van der Waals surface area contributed by atoms with Gasteiger partial charge in [0.1, 0.15) is 11.5 Å². The van der Waals surface area contributed by atoms with Crippen LogP contribution < -0.4 is 18.9 Å². The molecule has 1 fully saturated rings. The Labute approximate surface area is 217 Å². The molecule has 3 rings (SSSR count). The van der Waals surface area contributed by atoms with Crippen molar-refractivity contribution in [1.82, 2.24) is 4.90 Å². The number of hydrogen-bond donors (Lipinski definition) is 1. The monoisotopic (exact) mass is 513 g/mol. The van der Waals surface area contributed by atoms with Gasteiger partial charge < -0.3 is 33.7 Å². The average Bonchev–Trinajstić information content (AvgIpc) is 3.14. The summed E-state index contributed by atoms with van der Waals surface area (Å²) in [5.74, 6) is 0.313. The normalized spacial score (nSPS) is 16.9. The number of nitrogens with zero attached hydrogens (tertiary/aromatic N) is 1. The number of aliphatic hydroxyl groups is 1. The zero-order chi connectivity index (χ0) is 27.3. The molecular formula is C28H35NO8. The summed E-state index contributed by atoms with van der Waals surface area (Å²) in [4.78, 5) is 27.8. The van der Waals surface area contributed by atoms with Gasteiger partial charge in [0.05, 0.1) is 46.2 Å². The van der Waals surface area contributed by atoms with Crippen molar-refractivity contribution >= 4 is 17.4 Å². The SMILES string of the molecule is COCCN1C(=O)C(=O)/C(=C(/O)c2ccc(OCC(C)C)cc2C)[C@H]1c1cc(OC)c(OC)c(OC)c1. The van der Waals surface area contributed by atoms with Crippen LogP contribution in [-0.4, -0.2) is 69.9 Å². The number of aryl methyl sites for hydroxylation is 1. The number of rotatable bonds is 11. The molecule has 1 aliphatic rings. The Kier molecular flexibility index (Phi) is 9.04. The number of ketones is 1. The third-order valence-electron chi connectivity index (χ3n) is 6.12. The standard InChI is InChI=1S/C28H35NO8/c1-16(2)15-37-19-8-9-20(17(3)12-19)25(30)23-24(29(10-11-33-4)28(32)26(23)31)18-13-21(34-5)27(36-7)22(14-18)35-6/h8-9,12-14,16,24,30H,10-11,15H2,1-7H3/b25-23+/t24-/m1/s1. The third kappa shape index (κ3) is 5.67. The fourth-order valence-electron chi connectivity index (χ4n) is 4.31. The molecule has 0 bridgehead atoms. The number of benzene rings is 2. The predicted octanol–water partition coefficient (Wildman–Crippen LogP) is 4.12. The maximum Gasteiger partial charge on any atom is 0.295 e. The Morgan fingerprint density at radius 3 is 2.16 bits per heavy atom. The van der Waals surface area contributed by atoms with Gasteiger partial charge in [-0.15, -0.1) is 0 Å². The van der Waals surface area contributed by atoms with Gasteiger partial charge in [-0.1, -0.05) is 13.8 Å². The largest absolute Gasteiger partial charge is 0.507 e. The molecule has 0 radical (unpaired) electrons. The molecule has 1 amide bonds. The minimum Gasteiger partial charge on any atom is -0.507 e. The van der Waals surface area contributed by atoms with Crippen LogP contribution in [0.25, 0.3) is 5.76 Å². The smallest absolute Gasteiger partial charge is 0.295 e. The van der Waals surface area contributed by atoms with Crippen molar-refractivity contribution in [3.63, 3.8) is 0 Å². The number of aliphatic hydroxyl groups excluding tert-OH is 1. The summed E-state index contributed by atoms with van der Waals surface area (Å²) >= 11 is 0. The molecule has 200 valence electrons. The van der Waals surface area contributed by atoms with Gasteiger partial charge in [-0.25, -0.2) is 0 Å². The van der Waals surface area contributed by atoms with Gasteiger partial charge in [0.2, 0.25) is 5.75 Å². The second-order valence-electron chi connectivity index (χ2n) is 9.13. The van der Waals surface area contributed by atoms with E-state index in [9.17, 15) is 14.7 Å². The first-order valence-electron chi connectivity index (χ1n) is 12.0. The van der Waals surface area contributed by atoms with Crippen molar-refractivity contribution in [2.45, 2.75) is 26.8 Å². The number of amides is 1. The topological polar surface area (TPSA) is 104 Å². The molecule has 9 heteroatoms. The molecule has 2 aromatic rings. The van der Waals surface area contributed by atoms with Crippen LogP contribution in [0, 0.1) is 12.8 Å². The van der Waals surface area contributed by atoms with Gasteiger partial charge in [-0.2, -0.15) is 0 Å². The van der Waals surface area contributed by atoms with Crippen LogP contribution in [-0.2, 0) is 14.3 Å². The molecule has 0 aliphatic carbocycles. The van der Waals surface area contributed by atoms with Crippen LogP contribution in [0.5, 0.6) is 23.0 Å². The number of ether oxygens (including phenoxy) is 5. The minimum atomic E-state index is -0.903. The van der Waals surface area contributed by atoms with Crippen LogP contribution in [0.2, 0.25) is 0 Å². The fourth-order valence-corrected chi connectivity index (χ4v) is 4.31. The Hall–Kier alpha value is -3.72. The van der Waals surface area contributed by atoms with Crippen molar-refractivity contribution in [3.05, 3.63) is 52.6 Å². The first-order chi connectivity index (χ1) is 17.7. The van der Waals surface area contributed by atoms with Crippen molar-refractivity contribution in [3.8, 4) is 23.0 Å². The van der Waals surface area contributed by atoms with Gasteiger partial charge in [-0.3, -0.25) is 9.59 Å². The minimum absolute atomic E-state index is 0.0330. The number of methoxy groups -OCH3 is 4. The summed E-state index contributed by atoms with van der Waals surface area (Å²) in [5.41, 5.74) is 1.61. The summed E-state index contributed by atoms with van der Waals surface area (Å²) in [6.07, 6.45) is 0. The van der Waals surface area contributed by atoms with E-state index in [1.54, 1.807) is 30.3 Å². The summed E-state index contributed by atoms with van der Waals surface area (Å²) in [7, 11) is 5.96. The van der Waals surface area contributed by atoms with Gasteiger partial charge in [0, 0.05) is 19.2 Å². The summed E-state index contributed by atoms with van der Waals surface area (Å²) in [6, 6.07) is 7.66. The Morgan fingerprint density at radius 1 is 1.00 bits per heavy atom. The molecule has 9 nitrogen and oxygen atoms in total. The molecule has 1 heterocycles. The highest BCUT2D eigenvalue weighted by atomic mass is 16.5. The molecule has 0 spiro atoms. The maximum absolute atomic E-state index is 13.3. The lowest BCUT2D eigenvalue weighted by Crippen LogP contribution is -2.32. The average molecular weight is 514 g/mol. The summed E-state index contributed by atoms with van der Waals surface area (Å²) < 4.78 is 27.4. The molecule has 37 heavy (non-hydrogen) atoms. The summed E-state index contributed by atoms with van der Waals surface area (Å²) in [6.45, 7) is 6.82. The van der Waals surface area contributed by atoms with E-state index in [0.717, 1.165) is 0 Å². The van der Waals surface area contributed by atoms with Crippen molar-refractivity contribution in [2.75, 3.05) is 48.2 Å². The molecule has 1 saturated heterocycles. The molecule has 1 aliphatic heterocycles. The lowest BCUT2D eigenvalue weighted by atomic mass is 9.93. The first kappa shape index (κ1) is 27.9. The van der Waals surface area contributed by atoms with Crippen molar-refractivity contribution in [2.24, 2.45) is 5.92 Å². The molecule has 1 N–H and O–H groups in total. The quantitative estimate of drug-likeness (QED) is 0.272. The van der Waals surface area contributed by atoms with E-state index < -0.39 is 17.7 Å². The van der Waals surface area contributed by atoms with Gasteiger partial charge in [-0.05, 0) is 54.3 Å². The highest BCUT2D eigenvalue weighted by Crippen LogP contribution is 2.45. The Morgan fingerprint density at radius 2 is 1.65 bits per heavy atom. The molecular weight excluding hydrogens is 478 g/mol. The van der Waals surface area contributed by atoms with E-state index in [4.69, 9.17) is 23.7 Å². The summed E-state index contributed by atoms with van der Waals surface area (Å²) in [5, 5.41) is 11.4. The van der Waals surface area contributed by atoms with Crippen LogP contribution in [0.3, 0.4) is 0 Å². The number of carbonyl (C=O) groups is 2. The second-order valence-corrected chi connectivity index (χ2v) is 9.13. The van der Waals surface area contributed by atoms with Crippen LogP contribution in [0.4, 0.5) is 0 Å². The predicted molar refractivity (Wildman–Crippen MR) is 138 cm³/mol. The van der Waals surface area contributed by atoms with E-state index >= 15 is 0 Å². The van der Waals surface area contributed by atoms with Crippen molar-refractivity contribution < 1.29 is 38.4 Å². The molecule has 0 unspecified atom stereocenters. The van der Waals surface area contributed by atoms with Gasteiger partial charge >= 0.3 is 0 Å². The number of hydrogen-bond acceptors (Lipinski definition) is 8. The van der Waals surface area contributed by atoms with E-state index in [1.165, 1.54) is 33.3 Å². The molecule has 0 saturated carbocycles. The fraction of sp³-hybridized carbons (Fsp3) is 0.429. The van der Waals surface area contributed by atoms with Gasteiger partial charge in [0.15, 0.2) is 11.5 Å². The van der Waals surface area contributed by atoms with Crippen LogP contribution in [0.15, 0.2) is 35.9 Å². The Bertz CT molecular complexity index is 1160. The van der Waals surface area contributed by atoms with Gasteiger partial charge in [0.25, 0.3) is 11.7 Å². The molecule has 2 aromatic carbocycles. The highest BCUT2D eigenvalue weighted by Gasteiger charge is 2.46. The zero-order valence-electron chi connectivity index (χ0n) is 22.4. The van der Waals surface area contributed by atoms with E-state index in [2.05, 4.69) is 13.8 Å². The maximum atomic E-state index is 13.3. The molecule has 1 atom stereocenters. The van der Waals surface area contributed by atoms with E-state index in [1.807, 2.05) is 6.92 Å². The first-order valence-corrected chi connectivity index (χ1v) is 12.0. The van der Waals surface area contributed by atoms with E-state index in [0.29, 0.717) is 52.2 Å². The highest BCUT2D eigenvalue weighted by molar-refractivity contribution is 6.46. The van der Waals surface area contributed by atoms with E-state index in [-0.39, 0.29) is 24.5 Å². The lowest BCUT2D eigenvalue weighted by Gasteiger charge is -2.26. The van der Waals surface area contributed by atoms with Crippen LogP contribution in [0.1, 0.15) is 36.6 Å². The number of carbonyl (C=O) groups excluding carboxylic acids is 2. The lowest BCUT2D eigenvalue weighted by molar-refractivity contribution is -0.140. The number of likely N-dealkylation sites (tertiary alicyclic amines) is 1.